The normalized spacial score (nSPS) is 10.7. The van der Waals surface area contributed by atoms with Crippen LogP contribution in [-0.4, -0.2) is 12.9 Å². The van der Waals surface area contributed by atoms with E-state index in [1.54, 1.807) is 7.11 Å². The summed E-state index contributed by atoms with van der Waals surface area (Å²) < 4.78 is 5.20. The average Bonchev–Trinajstić information content (AvgIpc) is 2.64. The minimum Gasteiger partial charge on any atom is -1.00 e. The van der Waals surface area contributed by atoms with Crippen molar-refractivity contribution in [2.45, 2.75) is 0 Å². The standard InChI is InChI=1S/C20H17ClN2O.ClH/c1-24-19-13-11-18(12-14-19)23-20(15-5-3-2-4-6-15)22-17-9-7-16(21)8-10-17;/h2-14H,1H3,(H,22,23);1H. The predicted molar refractivity (Wildman–Crippen MR) is 99.2 cm³/mol. The Morgan fingerprint density at radius 1 is 0.880 bits per heavy atom. The highest BCUT2D eigenvalue weighted by Gasteiger charge is 2.11. The number of hydrogen-bond acceptors (Lipinski definition) is 1. The van der Waals surface area contributed by atoms with Gasteiger partial charge in [-0.1, -0.05) is 29.8 Å². The van der Waals surface area contributed by atoms with Gasteiger partial charge in [0.15, 0.2) is 0 Å². The number of halogens is 2. The van der Waals surface area contributed by atoms with Gasteiger partial charge in [0.2, 0.25) is 0 Å². The minimum absolute atomic E-state index is 0. The highest BCUT2D eigenvalue weighted by molar-refractivity contribution is 6.30. The lowest BCUT2D eigenvalue weighted by Gasteiger charge is -2.05. The number of ether oxygens (including phenoxy) is 1. The molecule has 0 spiro atoms. The van der Waals surface area contributed by atoms with E-state index in [-0.39, 0.29) is 12.4 Å². The first-order valence-corrected chi connectivity index (χ1v) is 7.98. The molecule has 0 saturated heterocycles. The molecule has 3 aromatic carbocycles. The first-order chi connectivity index (χ1) is 11.7. The number of methoxy groups -OCH3 is 1. The van der Waals surface area contributed by atoms with Gasteiger partial charge < -0.3 is 17.1 Å². The van der Waals surface area contributed by atoms with Crippen LogP contribution in [0.1, 0.15) is 5.56 Å². The number of rotatable bonds is 4. The minimum atomic E-state index is 0. The molecule has 0 bridgehead atoms. The van der Waals surface area contributed by atoms with Crippen LogP contribution in [0.15, 0.2) is 78.9 Å². The van der Waals surface area contributed by atoms with E-state index in [4.69, 9.17) is 16.3 Å². The molecule has 0 radical (unpaired) electrons. The average molecular weight is 373 g/mol. The number of hydrogen-bond donors (Lipinski definition) is 2. The second-order valence-corrected chi connectivity index (χ2v) is 5.66. The highest BCUT2D eigenvalue weighted by atomic mass is 35.5. The predicted octanol–water partition coefficient (Wildman–Crippen LogP) is 0.624. The number of amidine groups is 1. The van der Waals surface area contributed by atoms with Crippen LogP contribution < -0.4 is 27.5 Å². The van der Waals surface area contributed by atoms with Gasteiger partial charge in [-0.2, -0.15) is 0 Å². The lowest BCUT2D eigenvalue weighted by atomic mass is 10.2. The van der Waals surface area contributed by atoms with E-state index >= 15 is 0 Å². The molecule has 0 atom stereocenters. The molecule has 0 aliphatic carbocycles. The van der Waals surface area contributed by atoms with Crippen molar-refractivity contribution in [3.8, 4) is 5.75 Å². The van der Waals surface area contributed by atoms with Crippen LogP contribution in [0.5, 0.6) is 5.75 Å². The molecule has 0 aliphatic rings. The molecule has 0 aromatic heterocycles. The fourth-order valence-corrected chi connectivity index (χ4v) is 2.40. The Hall–Kier alpha value is -2.49. The fraction of sp³-hybridized carbons (Fsp3) is 0.0500. The van der Waals surface area contributed by atoms with Crippen molar-refractivity contribution >= 4 is 28.8 Å². The molecule has 128 valence electrons. The van der Waals surface area contributed by atoms with Crippen LogP contribution in [0.3, 0.4) is 0 Å². The van der Waals surface area contributed by atoms with Crippen molar-refractivity contribution in [2.24, 2.45) is 0 Å². The molecule has 0 heterocycles. The van der Waals surface area contributed by atoms with E-state index in [0.29, 0.717) is 5.02 Å². The monoisotopic (exact) mass is 372 g/mol. The lowest BCUT2D eigenvalue weighted by Crippen LogP contribution is -3.00. The molecule has 0 unspecified atom stereocenters. The quantitative estimate of drug-likeness (QED) is 0.520. The summed E-state index contributed by atoms with van der Waals surface area (Å²) in [6.07, 6.45) is 0. The molecular formula is C20H18Cl2N2O. The molecule has 0 amide bonds. The van der Waals surface area contributed by atoms with Crippen LogP contribution in [0, 0.1) is 0 Å². The largest absolute Gasteiger partial charge is 1.00 e. The van der Waals surface area contributed by atoms with Crippen LogP contribution >= 0.6 is 11.6 Å². The summed E-state index contributed by atoms with van der Waals surface area (Å²) in [7, 11) is 1.66. The molecular weight excluding hydrogens is 355 g/mol. The molecule has 0 fully saturated rings. The Balaban J connectivity index is 0.00000225. The van der Waals surface area contributed by atoms with Gasteiger partial charge in [0.25, 0.3) is 5.84 Å². The summed E-state index contributed by atoms with van der Waals surface area (Å²) >= 11 is 5.96. The van der Waals surface area contributed by atoms with E-state index < -0.39 is 0 Å². The van der Waals surface area contributed by atoms with E-state index in [1.807, 2.05) is 66.7 Å². The maximum absolute atomic E-state index is 5.96. The number of benzene rings is 3. The van der Waals surface area contributed by atoms with Crippen LogP contribution in [0.4, 0.5) is 11.4 Å². The van der Waals surface area contributed by atoms with Crippen LogP contribution in [-0.2, 0) is 0 Å². The second-order valence-electron chi connectivity index (χ2n) is 5.23. The summed E-state index contributed by atoms with van der Waals surface area (Å²) in [6, 6.07) is 25.5. The van der Waals surface area contributed by atoms with Gasteiger partial charge in [-0.15, -0.1) is 0 Å². The third-order valence-corrected chi connectivity index (χ3v) is 3.79. The Labute approximate surface area is 158 Å². The third kappa shape index (κ3) is 5.24. The molecule has 0 saturated carbocycles. The number of anilines is 1. The van der Waals surface area contributed by atoms with E-state index in [9.17, 15) is 0 Å². The molecule has 5 heteroatoms. The first kappa shape index (κ1) is 18.8. The maximum atomic E-state index is 5.96. The molecule has 2 N–H and O–H groups in total. The summed E-state index contributed by atoms with van der Waals surface area (Å²) in [5, 5.41) is 4.14. The van der Waals surface area contributed by atoms with Gasteiger partial charge in [0, 0.05) is 5.02 Å². The topological polar surface area (TPSA) is 35.2 Å². The van der Waals surface area contributed by atoms with E-state index in [0.717, 1.165) is 28.5 Å². The molecule has 25 heavy (non-hydrogen) atoms. The highest BCUT2D eigenvalue weighted by Crippen LogP contribution is 2.15. The van der Waals surface area contributed by atoms with Gasteiger partial charge in [-0.3, -0.25) is 0 Å². The zero-order chi connectivity index (χ0) is 16.8. The SMILES string of the molecule is COc1ccc(NC(=[NH+]c2ccc(Cl)cc2)c2ccccc2)cc1.[Cl-]. The summed E-state index contributed by atoms with van der Waals surface area (Å²) in [6.45, 7) is 0. The van der Waals surface area contributed by atoms with Crippen LogP contribution in [0.2, 0.25) is 5.02 Å². The molecule has 3 rings (SSSR count). The number of nitrogens with one attached hydrogen (secondary N) is 2. The summed E-state index contributed by atoms with van der Waals surface area (Å²) in [4.78, 5) is 3.42. The Kier molecular flexibility index (Phi) is 6.87. The fourth-order valence-electron chi connectivity index (χ4n) is 2.28. The van der Waals surface area contributed by atoms with Crippen molar-refractivity contribution in [3.05, 3.63) is 89.4 Å². The first-order valence-electron chi connectivity index (χ1n) is 7.60. The smallest absolute Gasteiger partial charge is 0.285 e. The lowest BCUT2D eigenvalue weighted by molar-refractivity contribution is -0.352. The van der Waals surface area contributed by atoms with Gasteiger partial charge in [-0.25, -0.2) is 10.3 Å². The van der Waals surface area contributed by atoms with Crippen molar-refractivity contribution in [3.63, 3.8) is 0 Å². The van der Waals surface area contributed by atoms with Crippen molar-refractivity contribution in [1.82, 2.24) is 0 Å². The second kappa shape index (κ2) is 9.11. The zero-order valence-corrected chi connectivity index (χ0v) is 15.2. The van der Waals surface area contributed by atoms with Gasteiger partial charge >= 0.3 is 0 Å². The maximum Gasteiger partial charge on any atom is 0.285 e. The van der Waals surface area contributed by atoms with Crippen molar-refractivity contribution < 1.29 is 22.1 Å². The van der Waals surface area contributed by atoms with Gasteiger partial charge in [-0.05, 0) is 60.7 Å². The van der Waals surface area contributed by atoms with Gasteiger partial charge in [0.1, 0.15) is 17.1 Å². The molecule has 3 aromatic rings. The van der Waals surface area contributed by atoms with Gasteiger partial charge in [0.05, 0.1) is 12.7 Å². The summed E-state index contributed by atoms with van der Waals surface area (Å²) in [5.74, 6) is 1.72. The van der Waals surface area contributed by atoms with Crippen LogP contribution in [0.25, 0.3) is 0 Å². The third-order valence-electron chi connectivity index (χ3n) is 3.54. The Morgan fingerprint density at radius 2 is 1.52 bits per heavy atom. The molecule has 0 aliphatic heterocycles. The van der Waals surface area contributed by atoms with Crippen molar-refractivity contribution in [1.29, 1.82) is 0 Å². The summed E-state index contributed by atoms with van der Waals surface area (Å²) in [5.41, 5.74) is 2.98. The van der Waals surface area contributed by atoms with E-state index in [2.05, 4.69) is 22.4 Å². The van der Waals surface area contributed by atoms with E-state index in [1.165, 1.54) is 0 Å². The Morgan fingerprint density at radius 3 is 2.12 bits per heavy atom. The Bertz CT molecular complexity index is 817. The zero-order valence-electron chi connectivity index (χ0n) is 13.7. The molecule has 3 nitrogen and oxygen atoms in total. The van der Waals surface area contributed by atoms with Crippen molar-refractivity contribution in [2.75, 3.05) is 12.4 Å².